The van der Waals surface area contributed by atoms with Crippen molar-refractivity contribution >= 4 is 23.2 Å². The van der Waals surface area contributed by atoms with Crippen molar-refractivity contribution in [3.05, 3.63) is 28.0 Å². The van der Waals surface area contributed by atoms with E-state index in [9.17, 15) is 0 Å². The predicted molar refractivity (Wildman–Crippen MR) is 58.8 cm³/mol. The number of nitrogens with two attached hydrogens (primary N) is 1. The van der Waals surface area contributed by atoms with Gasteiger partial charge in [-0.3, -0.25) is 0 Å². The zero-order valence-corrected chi connectivity index (χ0v) is 9.28. The van der Waals surface area contributed by atoms with Crippen LogP contribution in [0.4, 0.5) is 0 Å². The number of hydrogen-bond acceptors (Lipinski definition) is 2. The second-order valence-corrected chi connectivity index (χ2v) is 4.62. The first-order valence-electron chi connectivity index (χ1n) is 4.69. The highest BCUT2D eigenvalue weighted by Crippen LogP contribution is 2.45. The van der Waals surface area contributed by atoms with Crippen LogP contribution in [0.3, 0.4) is 0 Å². The molecule has 2 nitrogen and oxygen atoms in total. The van der Waals surface area contributed by atoms with Crippen molar-refractivity contribution < 1.29 is 0 Å². The van der Waals surface area contributed by atoms with Gasteiger partial charge in [0.15, 0.2) is 0 Å². The summed E-state index contributed by atoms with van der Waals surface area (Å²) >= 11 is 11.9. The molecule has 0 amide bonds. The summed E-state index contributed by atoms with van der Waals surface area (Å²) in [6.07, 6.45) is 5.19. The van der Waals surface area contributed by atoms with Gasteiger partial charge in [0.05, 0.1) is 0 Å². The molecule has 0 saturated heterocycles. The number of halogens is 2. The molecule has 0 aliphatic heterocycles. The minimum atomic E-state index is 0.0642. The average Bonchev–Trinajstić information content (AvgIpc) is 2.07. The zero-order valence-electron chi connectivity index (χ0n) is 7.76. The molecule has 1 aliphatic rings. The molecule has 0 atom stereocenters. The summed E-state index contributed by atoms with van der Waals surface area (Å²) < 4.78 is 0. The Hall–Kier alpha value is -0.310. The maximum Gasteiger partial charge on any atom is 0.130 e. The fraction of sp³-hybridized carbons (Fsp3) is 0.500. The third kappa shape index (κ3) is 1.52. The molecule has 0 spiro atoms. The molecule has 0 unspecified atom stereocenters. The maximum atomic E-state index is 6.13. The van der Waals surface area contributed by atoms with E-state index in [1.54, 1.807) is 12.3 Å². The molecular formula is C10H12Cl2N2. The van der Waals surface area contributed by atoms with Crippen molar-refractivity contribution in [3.63, 3.8) is 0 Å². The summed E-state index contributed by atoms with van der Waals surface area (Å²) in [6, 6.07) is 1.69. The molecule has 2 N–H and O–H groups in total. The van der Waals surface area contributed by atoms with Gasteiger partial charge in [-0.15, -0.1) is 0 Å². The highest BCUT2D eigenvalue weighted by Gasteiger charge is 2.39. The van der Waals surface area contributed by atoms with Crippen LogP contribution < -0.4 is 5.73 Å². The molecular weight excluding hydrogens is 219 g/mol. The molecule has 0 aromatic carbocycles. The fourth-order valence-corrected chi connectivity index (χ4v) is 2.55. The van der Waals surface area contributed by atoms with Crippen LogP contribution in [0.5, 0.6) is 0 Å². The summed E-state index contributed by atoms with van der Waals surface area (Å²) in [5.74, 6) is 0. The van der Waals surface area contributed by atoms with Gasteiger partial charge in [0.2, 0.25) is 0 Å². The second kappa shape index (κ2) is 3.69. The third-order valence-corrected chi connectivity index (χ3v) is 3.61. The largest absolute Gasteiger partial charge is 0.330 e. The highest BCUT2D eigenvalue weighted by atomic mass is 35.5. The van der Waals surface area contributed by atoms with Crippen molar-refractivity contribution in [2.45, 2.75) is 24.7 Å². The Morgan fingerprint density at radius 3 is 2.57 bits per heavy atom. The first kappa shape index (κ1) is 10.2. The SMILES string of the molecule is NCC1(c2cnc(Cl)cc2Cl)CCC1. The van der Waals surface area contributed by atoms with Crippen molar-refractivity contribution in [1.29, 1.82) is 0 Å². The monoisotopic (exact) mass is 230 g/mol. The van der Waals surface area contributed by atoms with E-state index in [4.69, 9.17) is 28.9 Å². The van der Waals surface area contributed by atoms with Gasteiger partial charge in [0.1, 0.15) is 5.15 Å². The number of rotatable bonds is 2. The first-order valence-corrected chi connectivity index (χ1v) is 5.45. The van der Waals surface area contributed by atoms with Gasteiger partial charge < -0.3 is 5.73 Å². The first-order chi connectivity index (χ1) is 6.68. The quantitative estimate of drug-likeness (QED) is 0.795. The maximum absolute atomic E-state index is 6.13. The van der Waals surface area contributed by atoms with Gasteiger partial charge in [0.25, 0.3) is 0 Å². The van der Waals surface area contributed by atoms with Crippen LogP contribution in [0.25, 0.3) is 0 Å². The Labute approximate surface area is 93.4 Å². The van der Waals surface area contributed by atoms with Gasteiger partial charge in [-0.1, -0.05) is 29.6 Å². The van der Waals surface area contributed by atoms with Crippen LogP contribution in [0.15, 0.2) is 12.3 Å². The molecule has 1 aromatic heterocycles. The standard InChI is InChI=1S/C10H12Cl2N2/c11-8-4-9(12)14-5-7(8)10(6-13)2-1-3-10/h4-5H,1-3,6,13H2. The number of pyridine rings is 1. The average molecular weight is 231 g/mol. The number of hydrogen-bond donors (Lipinski definition) is 1. The van der Waals surface area contributed by atoms with Crippen molar-refractivity contribution in [2.24, 2.45) is 5.73 Å². The van der Waals surface area contributed by atoms with E-state index >= 15 is 0 Å². The lowest BCUT2D eigenvalue weighted by molar-refractivity contribution is 0.252. The Kier molecular flexibility index (Phi) is 2.69. The summed E-state index contributed by atoms with van der Waals surface area (Å²) in [6.45, 7) is 0.635. The van der Waals surface area contributed by atoms with E-state index in [1.165, 1.54) is 6.42 Å². The summed E-state index contributed by atoms with van der Waals surface area (Å²) in [4.78, 5) is 4.06. The lowest BCUT2D eigenvalue weighted by Gasteiger charge is -2.41. The van der Waals surface area contributed by atoms with Gasteiger partial charge in [0, 0.05) is 23.2 Å². The summed E-state index contributed by atoms with van der Waals surface area (Å²) in [5.41, 5.74) is 6.91. The zero-order chi connectivity index (χ0) is 10.2. The predicted octanol–water partition coefficient (Wildman–Crippen LogP) is 2.77. The summed E-state index contributed by atoms with van der Waals surface area (Å²) in [7, 11) is 0. The third-order valence-electron chi connectivity index (χ3n) is 3.09. The second-order valence-electron chi connectivity index (χ2n) is 3.82. The van der Waals surface area contributed by atoms with E-state index in [0.717, 1.165) is 18.4 Å². The van der Waals surface area contributed by atoms with E-state index in [2.05, 4.69) is 4.98 Å². The van der Waals surface area contributed by atoms with E-state index < -0.39 is 0 Å². The number of aromatic nitrogens is 1. The van der Waals surface area contributed by atoms with Crippen molar-refractivity contribution in [1.82, 2.24) is 4.98 Å². The Morgan fingerprint density at radius 2 is 2.14 bits per heavy atom. The van der Waals surface area contributed by atoms with Crippen LogP contribution >= 0.6 is 23.2 Å². The lowest BCUT2D eigenvalue weighted by Crippen LogP contribution is -2.41. The molecule has 1 aliphatic carbocycles. The van der Waals surface area contributed by atoms with E-state index in [-0.39, 0.29) is 5.41 Å². The number of nitrogens with zero attached hydrogens (tertiary/aromatic N) is 1. The van der Waals surface area contributed by atoms with Crippen LogP contribution in [0.2, 0.25) is 10.2 Å². The molecule has 4 heteroatoms. The lowest BCUT2D eigenvalue weighted by atomic mass is 9.65. The van der Waals surface area contributed by atoms with Crippen LogP contribution in [-0.2, 0) is 5.41 Å². The van der Waals surface area contributed by atoms with Crippen molar-refractivity contribution in [2.75, 3.05) is 6.54 Å². The normalized spacial score (nSPS) is 19.1. The van der Waals surface area contributed by atoms with Crippen LogP contribution in [0.1, 0.15) is 24.8 Å². The molecule has 1 heterocycles. The molecule has 1 saturated carbocycles. The van der Waals surface area contributed by atoms with Crippen LogP contribution in [0, 0.1) is 0 Å². The minimum Gasteiger partial charge on any atom is -0.330 e. The fourth-order valence-electron chi connectivity index (χ4n) is 1.98. The highest BCUT2D eigenvalue weighted by molar-refractivity contribution is 6.34. The van der Waals surface area contributed by atoms with Crippen molar-refractivity contribution in [3.8, 4) is 0 Å². The molecule has 0 radical (unpaired) electrons. The Balaban J connectivity index is 2.40. The summed E-state index contributed by atoms with van der Waals surface area (Å²) in [5, 5.41) is 1.13. The Bertz CT molecular complexity index is 342. The van der Waals surface area contributed by atoms with Gasteiger partial charge in [-0.2, -0.15) is 0 Å². The van der Waals surface area contributed by atoms with E-state index in [1.807, 2.05) is 0 Å². The molecule has 14 heavy (non-hydrogen) atoms. The minimum absolute atomic E-state index is 0.0642. The van der Waals surface area contributed by atoms with Crippen LogP contribution in [-0.4, -0.2) is 11.5 Å². The topological polar surface area (TPSA) is 38.9 Å². The molecule has 1 fully saturated rings. The van der Waals surface area contributed by atoms with Gasteiger partial charge in [-0.25, -0.2) is 4.98 Å². The Morgan fingerprint density at radius 1 is 1.43 bits per heavy atom. The molecule has 1 aromatic rings. The molecule has 2 rings (SSSR count). The molecule has 76 valence electrons. The van der Waals surface area contributed by atoms with Gasteiger partial charge in [-0.05, 0) is 24.5 Å². The smallest absolute Gasteiger partial charge is 0.130 e. The molecule has 0 bridgehead atoms. The van der Waals surface area contributed by atoms with E-state index in [0.29, 0.717) is 16.7 Å². The van der Waals surface area contributed by atoms with Gasteiger partial charge >= 0.3 is 0 Å².